The Hall–Kier alpha value is -0.580. The first-order chi connectivity index (χ1) is 8.49. The lowest BCUT2D eigenvalue weighted by molar-refractivity contribution is 0.0552. The molecule has 1 atom stereocenters. The van der Waals surface area contributed by atoms with Gasteiger partial charge in [-0.1, -0.05) is 15.9 Å². The molecule has 102 valence electrons. The molecule has 0 aromatic heterocycles. The molecule has 1 aromatic rings. The van der Waals surface area contributed by atoms with Gasteiger partial charge in [0.25, 0.3) is 0 Å². The Labute approximate surface area is 118 Å². The van der Waals surface area contributed by atoms with Crippen molar-refractivity contribution >= 4 is 15.9 Å². The molecule has 0 amide bonds. The van der Waals surface area contributed by atoms with Crippen molar-refractivity contribution in [3.05, 3.63) is 28.2 Å². The third-order valence-electron chi connectivity index (χ3n) is 2.36. The monoisotopic (exact) mass is 315 g/mol. The molecule has 0 saturated carbocycles. The molecule has 0 aliphatic heterocycles. The molecule has 0 aliphatic carbocycles. The lowest BCUT2D eigenvalue weighted by Crippen LogP contribution is -2.18. The van der Waals surface area contributed by atoms with Crippen LogP contribution in [-0.4, -0.2) is 25.4 Å². The minimum atomic E-state index is 0.140. The second-order valence-electron chi connectivity index (χ2n) is 4.70. The van der Waals surface area contributed by atoms with E-state index in [1.165, 1.54) is 5.56 Å². The zero-order valence-corrected chi connectivity index (χ0v) is 12.9. The van der Waals surface area contributed by atoms with E-state index in [-0.39, 0.29) is 12.1 Å². The fraction of sp³-hybridized carbons (Fsp3) is 0.571. The number of benzene rings is 1. The van der Waals surface area contributed by atoms with Gasteiger partial charge in [-0.25, -0.2) is 0 Å². The Morgan fingerprint density at radius 2 is 1.94 bits per heavy atom. The number of ether oxygens (including phenoxy) is 2. The van der Waals surface area contributed by atoms with Crippen molar-refractivity contribution in [2.75, 3.05) is 13.2 Å². The van der Waals surface area contributed by atoms with Crippen molar-refractivity contribution in [2.45, 2.75) is 39.3 Å². The molecular weight excluding hydrogens is 294 g/mol. The van der Waals surface area contributed by atoms with Crippen molar-refractivity contribution in [1.82, 2.24) is 0 Å². The minimum Gasteiger partial charge on any atom is -0.491 e. The highest BCUT2D eigenvalue weighted by Crippen LogP contribution is 2.23. The third-order valence-corrected chi connectivity index (χ3v) is 3.14. The van der Waals surface area contributed by atoms with Gasteiger partial charge in [0.15, 0.2) is 0 Å². The fourth-order valence-electron chi connectivity index (χ4n) is 1.59. The van der Waals surface area contributed by atoms with Gasteiger partial charge in [0.2, 0.25) is 0 Å². The molecule has 0 radical (unpaired) electrons. The molecule has 0 spiro atoms. The molecular formula is C14H22BrNO2. The fourth-order valence-corrected chi connectivity index (χ4v) is 2.00. The molecule has 1 rings (SSSR count). The predicted octanol–water partition coefficient (Wildman–Crippen LogP) is 3.14. The van der Waals surface area contributed by atoms with Crippen LogP contribution in [0.5, 0.6) is 5.75 Å². The maximum absolute atomic E-state index is 5.82. The molecule has 4 heteroatoms. The van der Waals surface area contributed by atoms with E-state index in [9.17, 15) is 0 Å². The number of hydrogen-bond acceptors (Lipinski definition) is 3. The standard InChI is InChI=1S/C14H22BrNO2/c1-10(2)17-6-7-18-13-4-5-14(15)12(9-13)8-11(3)16/h4-5,9-11H,6-8,16H2,1-3H3. The van der Waals surface area contributed by atoms with Crippen LogP contribution in [0.2, 0.25) is 0 Å². The highest BCUT2D eigenvalue weighted by atomic mass is 79.9. The van der Waals surface area contributed by atoms with E-state index in [4.69, 9.17) is 15.2 Å². The van der Waals surface area contributed by atoms with Gasteiger partial charge in [0.1, 0.15) is 12.4 Å². The first-order valence-electron chi connectivity index (χ1n) is 6.27. The van der Waals surface area contributed by atoms with Crippen LogP contribution in [0.4, 0.5) is 0 Å². The van der Waals surface area contributed by atoms with Gasteiger partial charge >= 0.3 is 0 Å². The van der Waals surface area contributed by atoms with Crippen LogP contribution in [0.15, 0.2) is 22.7 Å². The van der Waals surface area contributed by atoms with Gasteiger partial charge in [-0.2, -0.15) is 0 Å². The number of nitrogens with two attached hydrogens (primary N) is 1. The molecule has 0 aliphatic rings. The van der Waals surface area contributed by atoms with Crippen molar-refractivity contribution in [2.24, 2.45) is 5.73 Å². The second-order valence-corrected chi connectivity index (χ2v) is 5.56. The quantitative estimate of drug-likeness (QED) is 0.786. The Bertz CT molecular complexity index is 367. The topological polar surface area (TPSA) is 44.5 Å². The van der Waals surface area contributed by atoms with E-state index in [1.54, 1.807) is 0 Å². The SMILES string of the molecule is CC(N)Cc1cc(OCCOC(C)C)ccc1Br. The van der Waals surface area contributed by atoms with Gasteiger partial charge in [0, 0.05) is 10.5 Å². The van der Waals surface area contributed by atoms with Crippen LogP contribution < -0.4 is 10.5 Å². The zero-order valence-electron chi connectivity index (χ0n) is 11.3. The molecule has 0 fully saturated rings. The van der Waals surface area contributed by atoms with Crippen LogP contribution >= 0.6 is 15.9 Å². The Morgan fingerprint density at radius 1 is 1.22 bits per heavy atom. The normalized spacial score (nSPS) is 12.8. The predicted molar refractivity (Wildman–Crippen MR) is 78.1 cm³/mol. The van der Waals surface area contributed by atoms with Crippen LogP contribution in [0.25, 0.3) is 0 Å². The zero-order chi connectivity index (χ0) is 13.5. The lowest BCUT2D eigenvalue weighted by Gasteiger charge is -2.12. The average molecular weight is 316 g/mol. The second kappa shape index (κ2) is 7.77. The molecule has 2 N–H and O–H groups in total. The summed E-state index contributed by atoms with van der Waals surface area (Å²) in [6.07, 6.45) is 1.08. The van der Waals surface area contributed by atoms with E-state index in [0.29, 0.717) is 13.2 Å². The van der Waals surface area contributed by atoms with E-state index in [0.717, 1.165) is 16.6 Å². The van der Waals surface area contributed by atoms with E-state index < -0.39 is 0 Å². The smallest absolute Gasteiger partial charge is 0.119 e. The van der Waals surface area contributed by atoms with E-state index in [1.807, 2.05) is 39.0 Å². The largest absolute Gasteiger partial charge is 0.491 e. The highest BCUT2D eigenvalue weighted by Gasteiger charge is 2.05. The summed E-state index contributed by atoms with van der Waals surface area (Å²) in [5, 5.41) is 0. The summed E-state index contributed by atoms with van der Waals surface area (Å²) >= 11 is 3.52. The summed E-state index contributed by atoms with van der Waals surface area (Å²) in [5.41, 5.74) is 6.99. The van der Waals surface area contributed by atoms with Crippen LogP contribution in [0.3, 0.4) is 0 Å². The van der Waals surface area contributed by atoms with Gasteiger partial charge in [-0.05, 0) is 51.0 Å². The third kappa shape index (κ3) is 5.85. The molecule has 0 saturated heterocycles. The van der Waals surface area contributed by atoms with Crippen molar-refractivity contribution in [3.63, 3.8) is 0 Å². The number of hydrogen-bond donors (Lipinski definition) is 1. The van der Waals surface area contributed by atoms with Crippen LogP contribution in [0, 0.1) is 0 Å². The maximum atomic E-state index is 5.82. The molecule has 1 unspecified atom stereocenters. The van der Waals surface area contributed by atoms with E-state index >= 15 is 0 Å². The van der Waals surface area contributed by atoms with Gasteiger partial charge in [0.05, 0.1) is 12.7 Å². The molecule has 1 aromatic carbocycles. The first-order valence-corrected chi connectivity index (χ1v) is 7.06. The Balaban J connectivity index is 2.51. The molecule has 0 bridgehead atoms. The summed E-state index contributed by atoms with van der Waals surface area (Å²) in [6.45, 7) is 7.20. The molecule has 18 heavy (non-hydrogen) atoms. The van der Waals surface area contributed by atoms with Crippen LogP contribution in [0.1, 0.15) is 26.3 Å². The number of halogens is 1. The summed E-state index contributed by atoms with van der Waals surface area (Å²) in [6, 6.07) is 6.12. The summed E-state index contributed by atoms with van der Waals surface area (Å²) in [4.78, 5) is 0. The average Bonchev–Trinajstić information content (AvgIpc) is 2.27. The van der Waals surface area contributed by atoms with Gasteiger partial charge in [-0.3, -0.25) is 0 Å². The summed E-state index contributed by atoms with van der Waals surface area (Å²) in [5.74, 6) is 0.862. The van der Waals surface area contributed by atoms with Crippen molar-refractivity contribution in [3.8, 4) is 5.75 Å². The summed E-state index contributed by atoms with van der Waals surface area (Å²) < 4.78 is 12.1. The lowest BCUT2D eigenvalue weighted by atomic mass is 10.1. The summed E-state index contributed by atoms with van der Waals surface area (Å²) in [7, 11) is 0. The molecule has 0 heterocycles. The van der Waals surface area contributed by atoms with Crippen molar-refractivity contribution in [1.29, 1.82) is 0 Å². The van der Waals surface area contributed by atoms with Crippen molar-refractivity contribution < 1.29 is 9.47 Å². The highest BCUT2D eigenvalue weighted by molar-refractivity contribution is 9.10. The maximum Gasteiger partial charge on any atom is 0.119 e. The Morgan fingerprint density at radius 3 is 2.56 bits per heavy atom. The van der Waals surface area contributed by atoms with E-state index in [2.05, 4.69) is 15.9 Å². The Kier molecular flexibility index (Phi) is 6.68. The first kappa shape index (κ1) is 15.5. The van der Waals surface area contributed by atoms with Gasteiger partial charge in [-0.15, -0.1) is 0 Å². The minimum absolute atomic E-state index is 0.140. The van der Waals surface area contributed by atoms with Crippen LogP contribution in [-0.2, 0) is 11.2 Å². The van der Waals surface area contributed by atoms with Gasteiger partial charge < -0.3 is 15.2 Å². The number of rotatable bonds is 7. The molecule has 3 nitrogen and oxygen atoms in total.